The van der Waals surface area contributed by atoms with E-state index >= 15 is 0 Å². The lowest BCUT2D eigenvalue weighted by atomic mass is 9.43. The number of methoxy groups -OCH3 is 3. The second kappa shape index (κ2) is 6.25. The van der Waals surface area contributed by atoms with Gasteiger partial charge >= 0.3 is 23.9 Å². The van der Waals surface area contributed by atoms with E-state index in [4.69, 9.17) is 14.2 Å². The summed E-state index contributed by atoms with van der Waals surface area (Å²) in [5, 5.41) is 10.0. The Morgan fingerprint density at radius 1 is 0.654 bits per heavy atom. The SMILES string of the molecule is COC(=O)C1(C)CC2(C(=O)O)CC(C)(C(=O)OC)CC(C(=O)OC)(C1)C2. The van der Waals surface area contributed by atoms with Crippen LogP contribution < -0.4 is 0 Å². The Kier molecular flexibility index (Phi) is 4.85. The van der Waals surface area contributed by atoms with Crippen molar-refractivity contribution in [3.05, 3.63) is 0 Å². The van der Waals surface area contributed by atoms with Crippen molar-refractivity contribution in [2.45, 2.75) is 46.0 Å². The van der Waals surface area contributed by atoms with Crippen molar-refractivity contribution in [2.24, 2.45) is 21.7 Å². The van der Waals surface area contributed by atoms with Crippen molar-refractivity contribution in [1.82, 2.24) is 0 Å². The summed E-state index contributed by atoms with van der Waals surface area (Å²) in [7, 11) is 3.68. The summed E-state index contributed by atoms with van der Waals surface area (Å²) in [5.41, 5.74) is -5.06. The molecule has 0 saturated heterocycles. The highest BCUT2D eigenvalue weighted by Gasteiger charge is 2.69. The summed E-state index contributed by atoms with van der Waals surface area (Å²) < 4.78 is 14.7. The van der Waals surface area contributed by atoms with Gasteiger partial charge in [0.25, 0.3) is 0 Å². The first-order chi connectivity index (χ1) is 11.9. The van der Waals surface area contributed by atoms with E-state index in [0.29, 0.717) is 0 Å². The number of rotatable bonds is 4. The second-order valence-corrected chi connectivity index (χ2v) is 8.35. The van der Waals surface area contributed by atoms with Crippen molar-refractivity contribution < 1.29 is 38.5 Å². The zero-order valence-corrected chi connectivity index (χ0v) is 15.8. The summed E-state index contributed by atoms with van der Waals surface area (Å²) in [6, 6.07) is 0. The molecule has 26 heavy (non-hydrogen) atoms. The number of carboxylic acids is 1. The molecular formula is C18H26O8. The zero-order valence-electron chi connectivity index (χ0n) is 15.8. The molecule has 0 spiro atoms. The van der Waals surface area contributed by atoms with E-state index in [9.17, 15) is 24.3 Å². The molecule has 8 heteroatoms. The van der Waals surface area contributed by atoms with Crippen LogP contribution in [0.15, 0.2) is 0 Å². The van der Waals surface area contributed by atoms with Crippen LogP contribution in [0, 0.1) is 21.7 Å². The molecule has 2 unspecified atom stereocenters. The van der Waals surface area contributed by atoms with Gasteiger partial charge in [-0.05, 0) is 46.0 Å². The van der Waals surface area contributed by atoms with Gasteiger partial charge in [-0.2, -0.15) is 0 Å². The standard InChI is InChI=1S/C18H26O8/c1-15(12(21)24-3)6-17(11(19)20)7-16(2,13(22)25-4)9-18(8-15,10-17)14(23)26-5/h6-10H2,1-5H3,(H,19,20). The van der Waals surface area contributed by atoms with E-state index in [2.05, 4.69) is 0 Å². The van der Waals surface area contributed by atoms with Gasteiger partial charge in [0, 0.05) is 0 Å². The quantitative estimate of drug-likeness (QED) is 0.585. The fraction of sp³-hybridized carbons (Fsp3) is 0.778. The van der Waals surface area contributed by atoms with Crippen LogP contribution in [0.5, 0.6) is 0 Å². The number of carbonyl (C=O) groups is 4. The van der Waals surface area contributed by atoms with E-state index in [1.807, 2.05) is 0 Å². The number of hydrogen-bond acceptors (Lipinski definition) is 7. The number of ether oxygens (including phenoxy) is 3. The number of carboxylic acid groups (broad SMARTS) is 1. The number of fused-ring (bicyclic) bond motifs is 2. The summed E-state index contributed by atoms with van der Waals surface area (Å²) in [6.07, 6.45) is 0.0871. The topological polar surface area (TPSA) is 116 Å². The highest BCUT2D eigenvalue weighted by molar-refractivity contribution is 5.88. The first-order valence-corrected chi connectivity index (χ1v) is 8.41. The van der Waals surface area contributed by atoms with Crippen LogP contribution in [0.4, 0.5) is 0 Å². The number of carbonyl (C=O) groups excluding carboxylic acids is 3. The molecule has 2 bridgehead atoms. The van der Waals surface area contributed by atoms with Crippen molar-refractivity contribution in [3.63, 3.8) is 0 Å². The molecular weight excluding hydrogens is 344 g/mol. The minimum absolute atomic E-state index is 0.0151. The fourth-order valence-electron chi connectivity index (χ4n) is 5.58. The van der Waals surface area contributed by atoms with Gasteiger partial charge in [-0.1, -0.05) is 0 Å². The lowest BCUT2D eigenvalue weighted by Crippen LogP contribution is -2.61. The average molecular weight is 370 g/mol. The Bertz CT molecular complexity index is 614. The molecule has 2 aliphatic carbocycles. The Morgan fingerprint density at radius 2 is 1.00 bits per heavy atom. The van der Waals surface area contributed by atoms with E-state index in [0.717, 1.165) is 0 Å². The first kappa shape index (κ1) is 20.2. The summed E-state index contributed by atoms with van der Waals surface area (Å²) >= 11 is 0. The molecule has 0 heterocycles. The molecule has 0 aromatic rings. The number of aliphatic carboxylic acids is 1. The molecule has 2 rings (SSSR count). The molecule has 146 valence electrons. The fourth-order valence-corrected chi connectivity index (χ4v) is 5.58. The molecule has 2 fully saturated rings. The van der Waals surface area contributed by atoms with E-state index in [1.54, 1.807) is 13.8 Å². The Balaban J connectivity index is 2.68. The van der Waals surface area contributed by atoms with E-state index < -0.39 is 45.5 Å². The molecule has 1 N–H and O–H groups in total. The first-order valence-electron chi connectivity index (χ1n) is 8.41. The summed E-state index contributed by atoms with van der Waals surface area (Å²) in [5.74, 6) is -2.90. The van der Waals surface area contributed by atoms with Gasteiger partial charge in [-0.3, -0.25) is 19.2 Å². The highest BCUT2D eigenvalue weighted by atomic mass is 16.5. The second-order valence-electron chi connectivity index (χ2n) is 8.35. The van der Waals surface area contributed by atoms with Crippen LogP contribution in [-0.2, 0) is 33.4 Å². The van der Waals surface area contributed by atoms with Crippen molar-refractivity contribution in [3.8, 4) is 0 Å². The van der Waals surface area contributed by atoms with E-state index in [1.165, 1.54) is 21.3 Å². The largest absolute Gasteiger partial charge is 0.481 e. The minimum Gasteiger partial charge on any atom is -0.481 e. The molecule has 2 aliphatic rings. The number of esters is 3. The molecule has 0 aliphatic heterocycles. The Hall–Kier alpha value is -2.12. The smallest absolute Gasteiger partial charge is 0.311 e. The summed E-state index contributed by atoms with van der Waals surface area (Å²) in [4.78, 5) is 49.9. The third-order valence-electron chi connectivity index (χ3n) is 6.02. The normalized spacial score (nSPS) is 38.8. The van der Waals surface area contributed by atoms with Crippen LogP contribution >= 0.6 is 0 Å². The van der Waals surface area contributed by atoms with Gasteiger partial charge in [0.1, 0.15) is 0 Å². The van der Waals surface area contributed by atoms with Crippen LogP contribution in [0.3, 0.4) is 0 Å². The number of hydrogen-bond donors (Lipinski definition) is 1. The van der Waals surface area contributed by atoms with Crippen LogP contribution in [0.2, 0.25) is 0 Å². The lowest BCUT2D eigenvalue weighted by molar-refractivity contribution is -0.201. The maximum absolute atomic E-state index is 12.7. The lowest BCUT2D eigenvalue weighted by Gasteiger charge is -2.58. The van der Waals surface area contributed by atoms with Gasteiger partial charge in [-0.25, -0.2) is 0 Å². The van der Waals surface area contributed by atoms with Crippen molar-refractivity contribution in [1.29, 1.82) is 0 Å². The predicted molar refractivity (Wildman–Crippen MR) is 87.8 cm³/mol. The van der Waals surface area contributed by atoms with Gasteiger partial charge in [-0.15, -0.1) is 0 Å². The average Bonchev–Trinajstić information content (AvgIpc) is 2.57. The van der Waals surface area contributed by atoms with Gasteiger partial charge in [0.05, 0.1) is 43.0 Å². The van der Waals surface area contributed by atoms with Crippen LogP contribution in [0.1, 0.15) is 46.0 Å². The molecule has 2 atom stereocenters. The Labute approximate surface area is 152 Å². The molecule has 0 radical (unpaired) electrons. The van der Waals surface area contributed by atoms with Gasteiger partial charge in [0.15, 0.2) is 0 Å². The van der Waals surface area contributed by atoms with Crippen molar-refractivity contribution >= 4 is 23.9 Å². The molecule has 0 aromatic carbocycles. The molecule has 2 saturated carbocycles. The zero-order chi connectivity index (χ0) is 20.0. The Morgan fingerprint density at radius 3 is 1.31 bits per heavy atom. The minimum atomic E-state index is -1.43. The van der Waals surface area contributed by atoms with Gasteiger partial charge < -0.3 is 19.3 Å². The maximum Gasteiger partial charge on any atom is 0.311 e. The summed E-state index contributed by atoms with van der Waals surface area (Å²) in [6.45, 7) is 3.21. The maximum atomic E-state index is 12.7. The highest BCUT2D eigenvalue weighted by Crippen LogP contribution is 2.66. The molecule has 0 amide bonds. The predicted octanol–water partition coefficient (Wildman–Crippen LogP) is 1.55. The molecule has 0 aromatic heterocycles. The third kappa shape index (κ3) is 2.85. The molecule has 8 nitrogen and oxygen atoms in total. The third-order valence-corrected chi connectivity index (χ3v) is 6.02. The van der Waals surface area contributed by atoms with Crippen molar-refractivity contribution in [2.75, 3.05) is 21.3 Å². The van der Waals surface area contributed by atoms with Crippen LogP contribution in [-0.4, -0.2) is 50.3 Å². The van der Waals surface area contributed by atoms with Crippen LogP contribution in [0.25, 0.3) is 0 Å². The van der Waals surface area contributed by atoms with E-state index in [-0.39, 0.29) is 32.1 Å². The monoisotopic (exact) mass is 370 g/mol. The van der Waals surface area contributed by atoms with Gasteiger partial charge in [0.2, 0.25) is 0 Å².